The van der Waals surface area contributed by atoms with Crippen LogP contribution in [0.15, 0.2) is 16.6 Å². The molecule has 0 atom stereocenters. The van der Waals surface area contributed by atoms with Crippen LogP contribution in [0.5, 0.6) is 0 Å². The van der Waals surface area contributed by atoms with Crippen molar-refractivity contribution in [1.29, 1.82) is 0 Å². The fourth-order valence-electron chi connectivity index (χ4n) is 2.89. The molecular formula is C20H28BrClN4O2. The van der Waals surface area contributed by atoms with E-state index < -0.39 is 5.60 Å². The molecule has 1 aliphatic heterocycles. The highest BCUT2D eigenvalue weighted by atomic mass is 79.9. The molecule has 8 heteroatoms. The Hall–Kier alpha value is -1.60. The van der Waals surface area contributed by atoms with Crippen molar-refractivity contribution < 1.29 is 9.53 Å². The van der Waals surface area contributed by atoms with Crippen LogP contribution >= 0.6 is 27.5 Å². The molecule has 0 saturated carbocycles. The van der Waals surface area contributed by atoms with Gasteiger partial charge in [-0.05, 0) is 55.8 Å². The van der Waals surface area contributed by atoms with Crippen molar-refractivity contribution in [1.82, 2.24) is 14.9 Å². The van der Waals surface area contributed by atoms with Gasteiger partial charge in [0.15, 0.2) is 0 Å². The number of carbonyl (C=O) groups is 1. The van der Waals surface area contributed by atoms with Gasteiger partial charge in [-0.15, -0.1) is 0 Å². The minimum Gasteiger partial charge on any atom is -0.444 e. The van der Waals surface area contributed by atoms with Gasteiger partial charge >= 0.3 is 6.09 Å². The van der Waals surface area contributed by atoms with Gasteiger partial charge in [-0.25, -0.2) is 14.8 Å². The van der Waals surface area contributed by atoms with Crippen molar-refractivity contribution in [2.45, 2.75) is 47.1 Å². The minimum absolute atomic E-state index is 0.271. The second-order valence-corrected chi connectivity index (χ2v) is 8.59. The van der Waals surface area contributed by atoms with E-state index in [2.05, 4.69) is 30.8 Å². The highest BCUT2D eigenvalue weighted by Gasteiger charge is 2.27. The first-order valence-corrected chi connectivity index (χ1v) is 10.7. The van der Waals surface area contributed by atoms with Gasteiger partial charge in [0, 0.05) is 36.0 Å². The van der Waals surface area contributed by atoms with Crippen molar-refractivity contribution in [3.63, 3.8) is 0 Å². The zero-order valence-corrected chi connectivity index (χ0v) is 19.7. The van der Waals surface area contributed by atoms with Crippen LogP contribution in [0, 0.1) is 6.92 Å². The molecule has 6 nitrogen and oxygen atoms in total. The quantitative estimate of drug-likeness (QED) is 0.554. The van der Waals surface area contributed by atoms with Crippen LogP contribution < -0.4 is 4.90 Å². The second-order valence-electron chi connectivity index (χ2n) is 7.33. The van der Waals surface area contributed by atoms with Gasteiger partial charge < -0.3 is 14.5 Å². The second kappa shape index (κ2) is 9.27. The van der Waals surface area contributed by atoms with Crippen molar-refractivity contribution in [2.75, 3.05) is 31.1 Å². The Kier molecular flexibility index (Phi) is 7.51. The number of carbonyl (C=O) groups excluding carboxylic acids is 1. The summed E-state index contributed by atoms with van der Waals surface area (Å²) >= 11 is 9.72. The highest BCUT2D eigenvalue weighted by Crippen LogP contribution is 2.32. The normalized spacial score (nSPS) is 14.6. The lowest BCUT2D eigenvalue weighted by atomic mass is 10.2. The monoisotopic (exact) mass is 470 g/mol. The maximum Gasteiger partial charge on any atom is 0.410 e. The molecule has 0 bridgehead atoms. The van der Waals surface area contributed by atoms with Crippen LogP contribution in [0.2, 0.25) is 5.02 Å². The predicted octanol–water partition coefficient (Wildman–Crippen LogP) is 5.44. The summed E-state index contributed by atoms with van der Waals surface area (Å²) in [5.41, 5.74) is 0.358. The highest BCUT2D eigenvalue weighted by molar-refractivity contribution is 9.10. The molecular weight excluding hydrogens is 444 g/mol. The summed E-state index contributed by atoms with van der Waals surface area (Å²) in [4.78, 5) is 25.3. The third-order valence-corrected chi connectivity index (χ3v) is 5.26. The SMILES string of the molecule is CC.Cc1nc(N2CCN(C(=O)OC(C)(C)C)CC2)c2cc(Cl)c(Br)cc2n1. The first-order chi connectivity index (χ1) is 13.1. The molecule has 2 aromatic rings. The number of benzene rings is 1. The number of ether oxygens (including phenoxy) is 1. The molecule has 1 amide bonds. The van der Waals surface area contributed by atoms with Crippen LogP contribution in [0.4, 0.5) is 10.6 Å². The third kappa shape index (κ3) is 5.47. The number of hydrogen-bond acceptors (Lipinski definition) is 5. The Morgan fingerprint density at radius 3 is 2.32 bits per heavy atom. The molecule has 0 N–H and O–H groups in total. The molecule has 154 valence electrons. The standard InChI is InChI=1S/C18H22BrClN4O2.C2H6/c1-11-21-15-10-13(19)14(20)9-12(15)16(22-11)23-5-7-24(8-6-23)17(25)26-18(2,3)4;1-2/h9-10H,5-8H2,1-4H3;1-2H3. The van der Waals surface area contributed by atoms with Crippen LogP contribution in [0.1, 0.15) is 40.4 Å². The molecule has 28 heavy (non-hydrogen) atoms. The van der Waals surface area contributed by atoms with Crippen LogP contribution in [-0.2, 0) is 4.74 Å². The number of rotatable bonds is 1. The molecule has 0 radical (unpaired) electrons. The van der Waals surface area contributed by atoms with Crippen LogP contribution in [0.3, 0.4) is 0 Å². The predicted molar refractivity (Wildman–Crippen MR) is 118 cm³/mol. The number of anilines is 1. The molecule has 0 spiro atoms. The average Bonchev–Trinajstić information content (AvgIpc) is 2.63. The molecule has 1 aromatic heterocycles. The number of halogens is 2. The molecule has 1 saturated heterocycles. The lowest BCUT2D eigenvalue weighted by Gasteiger charge is -2.36. The lowest BCUT2D eigenvalue weighted by molar-refractivity contribution is 0.0240. The van der Waals surface area contributed by atoms with Gasteiger partial charge in [-0.3, -0.25) is 0 Å². The van der Waals surface area contributed by atoms with E-state index in [0.29, 0.717) is 37.0 Å². The Morgan fingerprint density at radius 1 is 1.14 bits per heavy atom. The van der Waals surface area contributed by atoms with Crippen molar-refractivity contribution in [3.05, 3.63) is 27.5 Å². The molecule has 2 heterocycles. The van der Waals surface area contributed by atoms with Gasteiger partial charge in [0.05, 0.1) is 10.5 Å². The maximum absolute atomic E-state index is 12.2. The van der Waals surface area contributed by atoms with Crippen molar-refractivity contribution >= 4 is 50.3 Å². The summed E-state index contributed by atoms with van der Waals surface area (Å²) in [7, 11) is 0. The third-order valence-electron chi connectivity index (χ3n) is 4.06. The Balaban J connectivity index is 0.00000136. The van der Waals surface area contributed by atoms with Gasteiger partial charge in [0.25, 0.3) is 0 Å². The van der Waals surface area contributed by atoms with Gasteiger partial charge in [0.1, 0.15) is 17.2 Å². The Bertz CT molecular complexity index is 846. The number of fused-ring (bicyclic) bond motifs is 1. The van der Waals surface area contributed by atoms with E-state index in [0.717, 1.165) is 21.2 Å². The zero-order valence-electron chi connectivity index (χ0n) is 17.3. The number of piperazine rings is 1. The maximum atomic E-state index is 12.2. The van der Waals surface area contributed by atoms with E-state index in [4.69, 9.17) is 16.3 Å². The average molecular weight is 472 g/mol. The smallest absolute Gasteiger partial charge is 0.410 e. The fourth-order valence-corrected chi connectivity index (χ4v) is 3.38. The topological polar surface area (TPSA) is 58.6 Å². The van der Waals surface area contributed by atoms with E-state index in [1.165, 1.54) is 0 Å². The number of nitrogens with zero attached hydrogens (tertiary/aromatic N) is 4. The number of amides is 1. The van der Waals surface area contributed by atoms with Gasteiger partial charge in [0.2, 0.25) is 0 Å². The van der Waals surface area contributed by atoms with Crippen LogP contribution in [0.25, 0.3) is 10.9 Å². The minimum atomic E-state index is -0.488. The van der Waals surface area contributed by atoms with Crippen molar-refractivity contribution in [2.24, 2.45) is 0 Å². The lowest BCUT2D eigenvalue weighted by Crippen LogP contribution is -2.50. The summed E-state index contributed by atoms with van der Waals surface area (Å²) in [5.74, 6) is 1.56. The zero-order chi connectivity index (χ0) is 21.1. The summed E-state index contributed by atoms with van der Waals surface area (Å²) in [6, 6.07) is 3.79. The number of hydrogen-bond donors (Lipinski definition) is 0. The summed E-state index contributed by atoms with van der Waals surface area (Å²) in [6.07, 6.45) is -0.271. The number of aryl methyl sites for hydroxylation is 1. The van der Waals surface area contributed by atoms with E-state index in [1.807, 2.05) is 53.7 Å². The Morgan fingerprint density at radius 2 is 1.75 bits per heavy atom. The number of aromatic nitrogens is 2. The fraction of sp³-hybridized carbons (Fsp3) is 0.550. The van der Waals surface area contributed by atoms with Gasteiger partial charge in [-0.1, -0.05) is 25.4 Å². The summed E-state index contributed by atoms with van der Waals surface area (Å²) < 4.78 is 6.27. The molecule has 0 aliphatic carbocycles. The first kappa shape index (κ1) is 22.7. The molecule has 0 unspecified atom stereocenters. The van der Waals surface area contributed by atoms with E-state index in [9.17, 15) is 4.79 Å². The van der Waals surface area contributed by atoms with Gasteiger partial charge in [-0.2, -0.15) is 0 Å². The molecule has 1 aromatic carbocycles. The van der Waals surface area contributed by atoms with E-state index >= 15 is 0 Å². The molecule has 1 fully saturated rings. The Labute approximate surface area is 180 Å². The van der Waals surface area contributed by atoms with Crippen LogP contribution in [-0.4, -0.2) is 52.7 Å². The summed E-state index contributed by atoms with van der Waals surface area (Å²) in [6.45, 7) is 14.0. The molecule has 3 rings (SSSR count). The molecule has 1 aliphatic rings. The largest absolute Gasteiger partial charge is 0.444 e. The first-order valence-electron chi connectivity index (χ1n) is 9.50. The van der Waals surface area contributed by atoms with E-state index in [1.54, 1.807) is 4.90 Å². The van der Waals surface area contributed by atoms with Crippen molar-refractivity contribution in [3.8, 4) is 0 Å². The summed E-state index contributed by atoms with van der Waals surface area (Å²) in [5, 5.41) is 1.54. The van der Waals surface area contributed by atoms with E-state index in [-0.39, 0.29) is 6.09 Å².